The number of ether oxygens (including phenoxy) is 2. The molecule has 2 atom stereocenters. The van der Waals surface area contributed by atoms with Crippen molar-refractivity contribution in [2.45, 2.75) is 32.1 Å². The number of aliphatic hydroxyl groups excluding tert-OH is 1. The topological polar surface area (TPSA) is 93.6 Å². The van der Waals surface area contributed by atoms with Crippen LogP contribution in [0.25, 0.3) is 0 Å². The van der Waals surface area contributed by atoms with E-state index in [9.17, 15) is 9.90 Å². The van der Waals surface area contributed by atoms with Crippen LogP contribution in [-0.4, -0.2) is 46.3 Å². The SMILES string of the molecule is Cc1ccc(O[C@@H]2COCC[C@@H]2NC(=O)c2cc(CO)ccn2)cn1. The second kappa shape index (κ2) is 8.04. The molecule has 1 fully saturated rings. The predicted molar refractivity (Wildman–Crippen MR) is 90.2 cm³/mol. The summed E-state index contributed by atoms with van der Waals surface area (Å²) in [5, 5.41) is 12.1. The Morgan fingerprint density at radius 1 is 1.40 bits per heavy atom. The number of carbonyl (C=O) groups is 1. The summed E-state index contributed by atoms with van der Waals surface area (Å²) in [7, 11) is 0. The summed E-state index contributed by atoms with van der Waals surface area (Å²) in [6, 6.07) is 6.77. The fourth-order valence-electron chi connectivity index (χ4n) is 2.63. The van der Waals surface area contributed by atoms with E-state index in [0.717, 1.165) is 5.69 Å². The number of aliphatic hydroxyl groups is 1. The number of carbonyl (C=O) groups excluding carboxylic acids is 1. The first-order valence-corrected chi connectivity index (χ1v) is 8.19. The largest absolute Gasteiger partial charge is 0.484 e. The Balaban J connectivity index is 1.67. The Bertz CT molecular complexity index is 721. The number of amides is 1. The first-order valence-electron chi connectivity index (χ1n) is 8.19. The number of nitrogens with zero attached hydrogens (tertiary/aromatic N) is 2. The van der Waals surface area contributed by atoms with Gasteiger partial charge in [-0.3, -0.25) is 14.8 Å². The van der Waals surface area contributed by atoms with Crippen molar-refractivity contribution >= 4 is 5.91 Å². The minimum absolute atomic E-state index is 0.133. The predicted octanol–water partition coefficient (Wildman–Crippen LogP) is 1.24. The van der Waals surface area contributed by atoms with E-state index in [-0.39, 0.29) is 30.4 Å². The van der Waals surface area contributed by atoms with E-state index >= 15 is 0 Å². The molecule has 132 valence electrons. The fourth-order valence-corrected chi connectivity index (χ4v) is 2.63. The van der Waals surface area contributed by atoms with E-state index in [2.05, 4.69) is 15.3 Å². The second-order valence-corrected chi connectivity index (χ2v) is 5.94. The summed E-state index contributed by atoms with van der Waals surface area (Å²) in [6.07, 6.45) is 3.52. The highest BCUT2D eigenvalue weighted by Crippen LogP contribution is 2.17. The van der Waals surface area contributed by atoms with E-state index < -0.39 is 0 Å². The molecule has 0 unspecified atom stereocenters. The molecule has 1 amide bonds. The summed E-state index contributed by atoms with van der Waals surface area (Å²) in [4.78, 5) is 20.7. The Morgan fingerprint density at radius 3 is 3.04 bits per heavy atom. The van der Waals surface area contributed by atoms with Gasteiger partial charge in [-0.05, 0) is 43.2 Å². The molecular formula is C18H21N3O4. The van der Waals surface area contributed by atoms with Crippen LogP contribution in [0.1, 0.15) is 28.2 Å². The number of aromatic nitrogens is 2. The second-order valence-electron chi connectivity index (χ2n) is 5.94. The van der Waals surface area contributed by atoms with Crippen LogP contribution in [0, 0.1) is 6.92 Å². The van der Waals surface area contributed by atoms with Gasteiger partial charge in [-0.2, -0.15) is 0 Å². The molecule has 1 aliphatic heterocycles. The number of hydrogen-bond donors (Lipinski definition) is 2. The van der Waals surface area contributed by atoms with Gasteiger partial charge in [-0.25, -0.2) is 0 Å². The van der Waals surface area contributed by atoms with Crippen molar-refractivity contribution in [1.82, 2.24) is 15.3 Å². The molecule has 0 aromatic carbocycles. The molecule has 2 N–H and O–H groups in total. The molecule has 3 heterocycles. The lowest BCUT2D eigenvalue weighted by atomic mass is 10.1. The average Bonchev–Trinajstić information content (AvgIpc) is 2.65. The lowest BCUT2D eigenvalue weighted by Crippen LogP contribution is -2.51. The van der Waals surface area contributed by atoms with Gasteiger partial charge >= 0.3 is 0 Å². The van der Waals surface area contributed by atoms with Gasteiger partial charge in [0.05, 0.1) is 25.5 Å². The summed E-state index contributed by atoms with van der Waals surface area (Å²) < 4.78 is 11.4. The van der Waals surface area contributed by atoms with Crippen LogP contribution in [0.5, 0.6) is 5.75 Å². The molecule has 0 aliphatic carbocycles. The van der Waals surface area contributed by atoms with Crippen LogP contribution >= 0.6 is 0 Å². The molecule has 7 heteroatoms. The highest BCUT2D eigenvalue weighted by atomic mass is 16.5. The van der Waals surface area contributed by atoms with Crippen molar-refractivity contribution in [3.8, 4) is 5.75 Å². The van der Waals surface area contributed by atoms with Crippen LogP contribution in [0.4, 0.5) is 0 Å². The smallest absolute Gasteiger partial charge is 0.270 e. The average molecular weight is 343 g/mol. The lowest BCUT2D eigenvalue weighted by molar-refractivity contribution is -0.0137. The van der Waals surface area contributed by atoms with Gasteiger partial charge in [-0.15, -0.1) is 0 Å². The van der Waals surface area contributed by atoms with Gasteiger partial charge in [0.1, 0.15) is 17.5 Å². The van der Waals surface area contributed by atoms with E-state index in [0.29, 0.717) is 30.9 Å². The number of rotatable bonds is 5. The van der Waals surface area contributed by atoms with Crippen molar-refractivity contribution < 1.29 is 19.4 Å². The van der Waals surface area contributed by atoms with E-state index in [1.165, 1.54) is 6.20 Å². The Labute approximate surface area is 146 Å². The van der Waals surface area contributed by atoms with Crippen molar-refractivity contribution in [2.75, 3.05) is 13.2 Å². The van der Waals surface area contributed by atoms with E-state index in [1.54, 1.807) is 18.3 Å². The standard InChI is InChI=1S/C18H21N3O4/c1-12-2-3-14(9-20-12)25-17-11-24-7-5-15(17)21-18(23)16-8-13(10-22)4-6-19-16/h2-4,6,8-9,15,17,22H,5,7,10-11H2,1H3,(H,21,23)/t15-,17+/m0/s1. The van der Waals surface area contributed by atoms with Gasteiger partial charge < -0.3 is 19.9 Å². The minimum atomic E-state index is -0.303. The van der Waals surface area contributed by atoms with Crippen LogP contribution < -0.4 is 10.1 Å². The highest BCUT2D eigenvalue weighted by molar-refractivity contribution is 5.92. The maximum atomic E-state index is 12.5. The van der Waals surface area contributed by atoms with Gasteiger partial charge in [0.2, 0.25) is 0 Å². The van der Waals surface area contributed by atoms with Crippen molar-refractivity contribution in [2.24, 2.45) is 0 Å². The zero-order valence-corrected chi connectivity index (χ0v) is 14.0. The zero-order valence-electron chi connectivity index (χ0n) is 14.0. The van der Waals surface area contributed by atoms with E-state index in [1.807, 2.05) is 19.1 Å². The normalized spacial score (nSPS) is 20.1. The molecule has 3 rings (SSSR count). The first-order chi connectivity index (χ1) is 12.2. The first kappa shape index (κ1) is 17.3. The van der Waals surface area contributed by atoms with Crippen LogP contribution in [0.3, 0.4) is 0 Å². The molecule has 7 nitrogen and oxygen atoms in total. The highest BCUT2D eigenvalue weighted by Gasteiger charge is 2.29. The van der Waals surface area contributed by atoms with Gasteiger partial charge in [0.15, 0.2) is 0 Å². The molecule has 0 saturated carbocycles. The third-order valence-electron chi connectivity index (χ3n) is 4.03. The summed E-state index contributed by atoms with van der Waals surface area (Å²) >= 11 is 0. The van der Waals surface area contributed by atoms with Crippen LogP contribution in [-0.2, 0) is 11.3 Å². The monoisotopic (exact) mass is 343 g/mol. The molecule has 0 radical (unpaired) electrons. The van der Waals surface area contributed by atoms with Crippen LogP contribution in [0.15, 0.2) is 36.7 Å². The summed E-state index contributed by atoms with van der Waals surface area (Å²) in [6.45, 7) is 2.72. The number of nitrogens with one attached hydrogen (secondary N) is 1. The number of aryl methyl sites for hydroxylation is 1. The van der Waals surface area contributed by atoms with Crippen molar-refractivity contribution in [3.05, 3.63) is 53.6 Å². The summed E-state index contributed by atoms with van der Waals surface area (Å²) in [5.74, 6) is 0.346. The summed E-state index contributed by atoms with van der Waals surface area (Å²) in [5.41, 5.74) is 1.83. The number of pyridine rings is 2. The fraction of sp³-hybridized carbons (Fsp3) is 0.389. The quantitative estimate of drug-likeness (QED) is 0.848. The molecular weight excluding hydrogens is 322 g/mol. The van der Waals surface area contributed by atoms with Crippen LogP contribution in [0.2, 0.25) is 0 Å². The lowest BCUT2D eigenvalue weighted by Gasteiger charge is -2.32. The third kappa shape index (κ3) is 4.52. The maximum absolute atomic E-state index is 12.5. The molecule has 0 spiro atoms. The molecule has 2 aromatic rings. The molecule has 0 bridgehead atoms. The molecule has 25 heavy (non-hydrogen) atoms. The van der Waals surface area contributed by atoms with Crippen molar-refractivity contribution in [3.63, 3.8) is 0 Å². The van der Waals surface area contributed by atoms with Gasteiger partial charge in [0, 0.05) is 18.5 Å². The van der Waals surface area contributed by atoms with Gasteiger partial charge in [0.25, 0.3) is 5.91 Å². The molecule has 2 aromatic heterocycles. The molecule has 1 saturated heterocycles. The zero-order chi connectivity index (χ0) is 17.6. The Hall–Kier alpha value is -2.51. The number of hydrogen-bond acceptors (Lipinski definition) is 6. The molecule has 1 aliphatic rings. The van der Waals surface area contributed by atoms with E-state index in [4.69, 9.17) is 9.47 Å². The maximum Gasteiger partial charge on any atom is 0.270 e. The Morgan fingerprint density at radius 2 is 2.28 bits per heavy atom. The third-order valence-corrected chi connectivity index (χ3v) is 4.03. The van der Waals surface area contributed by atoms with Gasteiger partial charge in [-0.1, -0.05) is 0 Å². The van der Waals surface area contributed by atoms with Crippen molar-refractivity contribution in [1.29, 1.82) is 0 Å². The minimum Gasteiger partial charge on any atom is -0.484 e. The Kier molecular flexibility index (Phi) is 5.57.